The molecule has 18 heavy (non-hydrogen) atoms. The van der Waals surface area contributed by atoms with Crippen molar-refractivity contribution in [1.82, 2.24) is 10.2 Å². The maximum absolute atomic E-state index is 11.6. The van der Waals surface area contributed by atoms with Gasteiger partial charge < -0.3 is 15.2 Å². The Labute approximate surface area is 104 Å². The molecule has 0 radical (unpaired) electrons. The van der Waals surface area contributed by atoms with E-state index in [1.165, 1.54) is 6.07 Å². The molecule has 94 valence electrons. The third-order valence-corrected chi connectivity index (χ3v) is 2.32. The number of methoxy groups -OCH3 is 1. The monoisotopic (exact) mass is 247 g/mol. The number of rotatable bonds is 4. The lowest BCUT2D eigenvalue weighted by atomic mass is 10.2. The van der Waals surface area contributed by atoms with E-state index >= 15 is 0 Å². The molecule has 2 aromatic rings. The maximum Gasteiger partial charge on any atom is 0.356 e. The molecule has 6 nitrogen and oxygen atoms in total. The van der Waals surface area contributed by atoms with Gasteiger partial charge in [0, 0.05) is 6.07 Å². The summed E-state index contributed by atoms with van der Waals surface area (Å²) in [5.74, 6) is 0.472. The lowest BCUT2D eigenvalue weighted by Crippen LogP contribution is -2.05. The largest absolute Gasteiger partial charge is 0.497 e. The summed E-state index contributed by atoms with van der Waals surface area (Å²) in [5.41, 5.74) is 6.47. The minimum Gasteiger partial charge on any atom is -0.497 e. The number of anilines is 1. The molecular weight excluding hydrogens is 234 g/mol. The van der Waals surface area contributed by atoms with Crippen molar-refractivity contribution in [3.8, 4) is 5.75 Å². The summed E-state index contributed by atoms with van der Waals surface area (Å²) in [7, 11) is 1.58. The number of benzene rings is 1. The number of carbonyl (C=O) groups excluding carboxylic acids is 1. The van der Waals surface area contributed by atoms with Crippen molar-refractivity contribution in [2.45, 2.75) is 6.61 Å². The number of hydrogen-bond donors (Lipinski definition) is 2. The highest BCUT2D eigenvalue weighted by atomic mass is 16.5. The van der Waals surface area contributed by atoms with Crippen LogP contribution in [0.5, 0.6) is 5.75 Å². The summed E-state index contributed by atoms with van der Waals surface area (Å²) in [5, 5.41) is 6.14. The number of aromatic nitrogens is 2. The van der Waals surface area contributed by atoms with Gasteiger partial charge in [0.25, 0.3) is 0 Å². The molecule has 0 aliphatic heterocycles. The van der Waals surface area contributed by atoms with Crippen molar-refractivity contribution < 1.29 is 14.3 Å². The molecule has 2 rings (SSSR count). The number of nitrogens with zero attached hydrogens (tertiary/aromatic N) is 1. The Morgan fingerprint density at radius 1 is 1.44 bits per heavy atom. The number of nitrogen functional groups attached to an aromatic ring is 1. The molecule has 0 bridgehead atoms. The molecule has 1 aromatic carbocycles. The molecule has 1 heterocycles. The van der Waals surface area contributed by atoms with Crippen molar-refractivity contribution in [3.63, 3.8) is 0 Å². The average molecular weight is 247 g/mol. The molecular formula is C12H13N3O3. The van der Waals surface area contributed by atoms with Crippen LogP contribution in [0.4, 0.5) is 5.82 Å². The van der Waals surface area contributed by atoms with Gasteiger partial charge in [-0.1, -0.05) is 12.1 Å². The zero-order valence-electron chi connectivity index (χ0n) is 9.84. The van der Waals surface area contributed by atoms with Gasteiger partial charge in [-0.3, -0.25) is 5.10 Å². The fourth-order valence-corrected chi connectivity index (χ4v) is 1.43. The van der Waals surface area contributed by atoms with Crippen LogP contribution in [0.25, 0.3) is 0 Å². The summed E-state index contributed by atoms with van der Waals surface area (Å²) in [6.07, 6.45) is 0. The number of aromatic amines is 1. The Morgan fingerprint density at radius 2 is 2.28 bits per heavy atom. The molecule has 0 saturated heterocycles. The standard InChI is InChI=1S/C12H13N3O3/c1-17-9-4-2-3-8(5-9)7-18-12(16)10-6-11(13)15-14-10/h2-6H,7H2,1H3,(H3,13,14,15). The van der Waals surface area contributed by atoms with E-state index in [0.717, 1.165) is 5.56 Å². The molecule has 0 aliphatic carbocycles. The molecule has 0 fully saturated rings. The molecule has 3 N–H and O–H groups in total. The number of ether oxygens (including phenoxy) is 2. The number of H-pyrrole nitrogens is 1. The van der Waals surface area contributed by atoms with E-state index in [1.54, 1.807) is 13.2 Å². The van der Waals surface area contributed by atoms with Crippen LogP contribution in [-0.2, 0) is 11.3 Å². The highest BCUT2D eigenvalue weighted by Crippen LogP contribution is 2.14. The highest BCUT2D eigenvalue weighted by Gasteiger charge is 2.10. The Bertz CT molecular complexity index is 551. The van der Waals surface area contributed by atoms with Gasteiger partial charge in [0.05, 0.1) is 7.11 Å². The van der Waals surface area contributed by atoms with Crippen LogP contribution in [0.2, 0.25) is 0 Å². The van der Waals surface area contributed by atoms with Crippen LogP contribution >= 0.6 is 0 Å². The predicted octanol–water partition coefficient (Wildman–Crippen LogP) is 1.36. The highest BCUT2D eigenvalue weighted by molar-refractivity contribution is 5.87. The summed E-state index contributed by atoms with van der Waals surface area (Å²) < 4.78 is 10.2. The quantitative estimate of drug-likeness (QED) is 0.796. The van der Waals surface area contributed by atoms with Crippen LogP contribution in [0.1, 0.15) is 16.1 Å². The topological polar surface area (TPSA) is 90.2 Å². The van der Waals surface area contributed by atoms with E-state index in [-0.39, 0.29) is 18.1 Å². The molecule has 1 aromatic heterocycles. The molecule has 0 amide bonds. The molecule has 6 heteroatoms. The van der Waals surface area contributed by atoms with Crippen molar-refractivity contribution in [2.75, 3.05) is 12.8 Å². The lowest BCUT2D eigenvalue weighted by molar-refractivity contribution is 0.0465. The van der Waals surface area contributed by atoms with Crippen LogP contribution < -0.4 is 10.5 Å². The van der Waals surface area contributed by atoms with Gasteiger partial charge in [-0.15, -0.1) is 0 Å². The number of carbonyl (C=O) groups is 1. The predicted molar refractivity (Wildman–Crippen MR) is 65.1 cm³/mol. The van der Waals surface area contributed by atoms with Crippen molar-refractivity contribution in [2.24, 2.45) is 0 Å². The van der Waals surface area contributed by atoms with Crippen molar-refractivity contribution in [1.29, 1.82) is 0 Å². The third-order valence-electron chi connectivity index (χ3n) is 2.32. The van der Waals surface area contributed by atoms with Gasteiger partial charge in [-0.2, -0.15) is 5.10 Å². The third kappa shape index (κ3) is 2.79. The minimum atomic E-state index is -0.498. The van der Waals surface area contributed by atoms with Crippen LogP contribution in [0, 0.1) is 0 Å². The van der Waals surface area contributed by atoms with E-state index in [4.69, 9.17) is 15.2 Å². The van der Waals surface area contributed by atoms with E-state index in [1.807, 2.05) is 18.2 Å². The minimum absolute atomic E-state index is 0.162. The van der Waals surface area contributed by atoms with Gasteiger partial charge in [0.15, 0.2) is 0 Å². The van der Waals surface area contributed by atoms with E-state index in [0.29, 0.717) is 5.75 Å². The first-order chi connectivity index (χ1) is 8.69. The number of nitrogens with two attached hydrogens (primary N) is 1. The molecule has 0 aliphatic rings. The molecule has 0 atom stereocenters. The summed E-state index contributed by atoms with van der Waals surface area (Å²) >= 11 is 0. The molecule has 0 spiro atoms. The number of esters is 1. The van der Waals surface area contributed by atoms with Crippen LogP contribution in [0.15, 0.2) is 30.3 Å². The van der Waals surface area contributed by atoms with Gasteiger partial charge in [0.1, 0.15) is 23.9 Å². The Kier molecular flexibility index (Phi) is 3.47. The Balaban J connectivity index is 1.97. The Morgan fingerprint density at radius 3 is 2.94 bits per heavy atom. The van der Waals surface area contributed by atoms with E-state index < -0.39 is 5.97 Å². The van der Waals surface area contributed by atoms with Gasteiger partial charge in [-0.05, 0) is 17.7 Å². The number of hydrogen-bond acceptors (Lipinski definition) is 5. The first-order valence-electron chi connectivity index (χ1n) is 5.30. The van der Waals surface area contributed by atoms with Gasteiger partial charge in [0.2, 0.25) is 0 Å². The molecule has 0 saturated carbocycles. The fourth-order valence-electron chi connectivity index (χ4n) is 1.43. The zero-order valence-corrected chi connectivity index (χ0v) is 9.84. The lowest BCUT2D eigenvalue weighted by Gasteiger charge is -2.05. The SMILES string of the molecule is COc1cccc(COC(=O)c2cc(N)n[nH]2)c1. The average Bonchev–Trinajstić information content (AvgIpc) is 2.83. The second-order valence-corrected chi connectivity index (χ2v) is 3.63. The zero-order chi connectivity index (χ0) is 13.0. The summed E-state index contributed by atoms with van der Waals surface area (Å²) in [6, 6.07) is 8.72. The van der Waals surface area contributed by atoms with Crippen LogP contribution in [0.3, 0.4) is 0 Å². The maximum atomic E-state index is 11.6. The first kappa shape index (κ1) is 12.0. The van der Waals surface area contributed by atoms with Crippen molar-refractivity contribution >= 4 is 11.8 Å². The van der Waals surface area contributed by atoms with Gasteiger partial charge in [-0.25, -0.2) is 4.79 Å². The van der Waals surface area contributed by atoms with E-state index in [9.17, 15) is 4.79 Å². The van der Waals surface area contributed by atoms with Crippen molar-refractivity contribution in [3.05, 3.63) is 41.6 Å². The number of nitrogens with one attached hydrogen (secondary N) is 1. The smallest absolute Gasteiger partial charge is 0.356 e. The first-order valence-corrected chi connectivity index (χ1v) is 5.30. The summed E-state index contributed by atoms with van der Waals surface area (Å²) in [4.78, 5) is 11.6. The van der Waals surface area contributed by atoms with E-state index in [2.05, 4.69) is 10.2 Å². The second kappa shape index (κ2) is 5.22. The Hall–Kier alpha value is -2.50. The molecule has 0 unspecified atom stereocenters. The fraction of sp³-hybridized carbons (Fsp3) is 0.167. The summed E-state index contributed by atoms with van der Waals surface area (Å²) in [6.45, 7) is 0.162. The normalized spacial score (nSPS) is 10.1. The second-order valence-electron chi connectivity index (χ2n) is 3.63. The van der Waals surface area contributed by atoms with Gasteiger partial charge >= 0.3 is 5.97 Å². The van der Waals surface area contributed by atoms with Crippen LogP contribution in [-0.4, -0.2) is 23.3 Å².